The van der Waals surface area contributed by atoms with Crippen LogP contribution < -0.4 is 14.2 Å². The molecule has 2 aliphatic rings. The van der Waals surface area contributed by atoms with E-state index in [1.807, 2.05) is 17.0 Å². The van der Waals surface area contributed by atoms with Crippen molar-refractivity contribution in [2.24, 2.45) is 17.3 Å². The van der Waals surface area contributed by atoms with Gasteiger partial charge in [0.25, 0.3) is 0 Å². The molecular formula is C24H33NO4. The van der Waals surface area contributed by atoms with Gasteiger partial charge in [0, 0.05) is 25.2 Å². The fraction of sp³-hybridized carbons (Fsp3) is 0.542. The van der Waals surface area contributed by atoms with E-state index >= 15 is 0 Å². The molecule has 5 heteroatoms. The van der Waals surface area contributed by atoms with Gasteiger partial charge >= 0.3 is 0 Å². The van der Waals surface area contributed by atoms with E-state index in [-0.39, 0.29) is 17.2 Å². The van der Waals surface area contributed by atoms with E-state index in [2.05, 4.69) is 39.8 Å². The smallest absolute Gasteiger partial charge is 0.227 e. The van der Waals surface area contributed by atoms with Crippen molar-refractivity contribution in [2.45, 2.75) is 34.1 Å². The van der Waals surface area contributed by atoms with Gasteiger partial charge < -0.3 is 19.1 Å². The molecule has 0 N–H and O–H groups in total. The Morgan fingerprint density at radius 1 is 1.10 bits per heavy atom. The topological polar surface area (TPSA) is 48.0 Å². The van der Waals surface area contributed by atoms with Gasteiger partial charge in [-0.1, -0.05) is 31.6 Å². The molecule has 1 saturated carbocycles. The van der Waals surface area contributed by atoms with Crippen LogP contribution in [0.25, 0.3) is 5.57 Å². The number of carbonyl (C=O) groups excluding carboxylic acids is 1. The van der Waals surface area contributed by atoms with E-state index in [4.69, 9.17) is 14.2 Å². The number of rotatable bonds is 6. The van der Waals surface area contributed by atoms with Gasteiger partial charge in [-0.05, 0) is 37.2 Å². The van der Waals surface area contributed by atoms with Gasteiger partial charge in [0.05, 0.1) is 32.8 Å². The van der Waals surface area contributed by atoms with Crippen molar-refractivity contribution in [3.8, 4) is 17.2 Å². The first-order valence-electron chi connectivity index (χ1n) is 10.2. The predicted octanol–water partition coefficient (Wildman–Crippen LogP) is 4.57. The van der Waals surface area contributed by atoms with Crippen LogP contribution in [0.4, 0.5) is 0 Å². The molecule has 0 aromatic heterocycles. The number of amides is 1. The molecule has 29 heavy (non-hydrogen) atoms. The minimum atomic E-state index is 0.0424. The molecule has 1 aliphatic carbocycles. The number of hydrogen-bond donors (Lipinski definition) is 0. The van der Waals surface area contributed by atoms with Gasteiger partial charge in [-0.25, -0.2) is 0 Å². The maximum Gasteiger partial charge on any atom is 0.227 e. The van der Waals surface area contributed by atoms with Crippen LogP contribution in [-0.2, 0) is 4.79 Å². The third-order valence-corrected chi connectivity index (χ3v) is 6.25. The second-order valence-corrected chi connectivity index (χ2v) is 8.74. The molecule has 0 bridgehead atoms. The highest BCUT2D eigenvalue weighted by Gasteiger charge is 2.61. The Hall–Kier alpha value is -2.43. The number of methoxy groups -OCH3 is 3. The molecule has 1 aromatic rings. The van der Waals surface area contributed by atoms with Crippen LogP contribution in [0.1, 0.15) is 39.7 Å². The Kier molecular flexibility index (Phi) is 5.97. The zero-order chi connectivity index (χ0) is 21.3. The standard InChI is InChI=1S/C24H33NO4/c1-15(2)12-18-22(24(18,3)4)23(26)25-10-8-16(9-11-25)21-19(28-6)13-17(27-5)14-20(21)29-7/h8,12-14,18,22H,9-11H2,1-7H3/t18-,22-/m0/s1. The summed E-state index contributed by atoms with van der Waals surface area (Å²) in [5.74, 6) is 2.82. The fourth-order valence-electron chi connectivity index (χ4n) is 4.43. The van der Waals surface area contributed by atoms with Crippen LogP contribution in [0.3, 0.4) is 0 Å². The fourth-order valence-corrected chi connectivity index (χ4v) is 4.43. The van der Waals surface area contributed by atoms with Crippen molar-refractivity contribution in [1.82, 2.24) is 4.90 Å². The molecule has 1 aliphatic heterocycles. The van der Waals surface area contributed by atoms with E-state index in [9.17, 15) is 4.79 Å². The molecule has 2 atom stereocenters. The van der Waals surface area contributed by atoms with E-state index in [1.165, 1.54) is 5.57 Å². The van der Waals surface area contributed by atoms with Gasteiger partial charge in [0.15, 0.2) is 0 Å². The Labute approximate surface area is 174 Å². The van der Waals surface area contributed by atoms with Crippen LogP contribution in [0.2, 0.25) is 0 Å². The zero-order valence-corrected chi connectivity index (χ0v) is 18.7. The monoisotopic (exact) mass is 399 g/mol. The molecule has 158 valence electrons. The molecule has 0 saturated heterocycles. The second kappa shape index (κ2) is 8.13. The zero-order valence-electron chi connectivity index (χ0n) is 18.7. The molecule has 0 radical (unpaired) electrons. The van der Waals surface area contributed by atoms with Crippen LogP contribution >= 0.6 is 0 Å². The predicted molar refractivity (Wildman–Crippen MR) is 115 cm³/mol. The molecule has 0 unspecified atom stereocenters. The average Bonchev–Trinajstić information content (AvgIpc) is 3.25. The highest BCUT2D eigenvalue weighted by molar-refractivity contribution is 5.85. The highest BCUT2D eigenvalue weighted by atomic mass is 16.5. The van der Waals surface area contributed by atoms with Crippen molar-refractivity contribution >= 4 is 11.5 Å². The van der Waals surface area contributed by atoms with Crippen molar-refractivity contribution < 1.29 is 19.0 Å². The summed E-state index contributed by atoms with van der Waals surface area (Å²) in [4.78, 5) is 15.1. The summed E-state index contributed by atoms with van der Waals surface area (Å²) in [6, 6.07) is 3.74. The lowest BCUT2D eigenvalue weighted by Gasteiger charge is -2.28. The van der Waals surface area contributed by atoms with Crippen molar-refractivity contribution in [2.75, 3.05) is 34.4 Å². The molecule has 0 spiro atoms. The number of allylic oxidation sites excluding steroid dienone is 2. The lowest BCUT2D eigenvalue weighted by molar-refractivity contribution is -0.133. The Morgan fingerprint density at radius 2 is 1.72 bits per heavy atom. The lowest BCUT2D eigenvalue weighted by atomic mass is 9.96. The van der Waals surface area contributed by atoms with Crippen LogP contribution in [-0.4, -0.2) is 45.2 Å². The molecule has 1 fully saturated rings. The summed E-state index contributed by atoms with van der Waals surface area (Å²) >= 11 is 0. The van der Waals surface area contributed by atoms with Gasteiger partial charge in [0.1, 0.15) is 17.2 Å². The molecule has 3 rings (SSSR count). The SMILES string of the molecule is COc1cc(OC)c(C2=CCN(C(=O)[C@@H]3[C@H](C=C(C)C)C3(C)C)CC2)c(OC)c1. The second-order valence-electron chi connectivity index (χ2n) is 8.74. The number of carbonyl (C=O) groups is 1. The van der Waals surface area contributed by atoms with Crippen LogP contribution in [0.15, 0.2) is 29.9 Å². The molecular weight excluding hydrogens is 366 g/mol. The van der Waals surface area contributed by atoms with Crippen molar-refractivity contribution in [3.63, 3.8) is 0 Å². The van der Waals surface area contributed by atoms with Crippen molar-refractivity contribution in [3.05, 3.63) is 35.4 Å². The number of hydrogen-bond acceptors (Lipinski definition) is 4. The largest absolute Gasteiger partial charge is 0.496 e. The lowest BCUT2D eigenvalue weighted by Crippen LogP contribution is -2.36. The van der Waals surface area contributed by atoms with Crippen LogP contribution in [0.5, 0.6) is 17.2 Å². The molecule has 5 nitrogen and oxygen atoms in total. The Bertz CT molecular complexity index is 823. The third-order valence-electron chi connectivity index (χ3n) is 6.25. The third kappa shape index (κ3) is 4.00. The minimum absolute atomic E-state index is 0.0424. The summed E-state index contributed by atoms with van der Waals surface area (Å²) in [6.07, 6.45) is 5.14. The first-order valence-corrected chi connectivity index (χ1v) is 10.2. The summed E-state index contributed by atoms with van der Waals surface area (Å²) < 4.78 is 16.5. The molecule has 1 amide bonds. The maximum absolute atomic E-state index is 13.1. The summed E-state index contributed by atoms with van der Waals surface area (Å²) in [5.41, 5.74) is 3.40. The Balaban J connectivity index is 1.80. The minimum Gasteiger partial charge on any atom is -0.496 e. The Morgan fingerprint density at radius 3 is 2.17 bits per heavy atom. The van der Waals surface area contributed by atoms with E-state index in [1.54, 1.807) is 21.3 Å². The van der Waals surface area contributed by atoms with Gasteiger partial charge in [-0.3, -0.25) is 4.79 Å². The number of benzene rings is 1. The first kappa shape index (κ1) is 21.3. The average molecular weight is 400 g/mol. The quantitative estimate of drug-likeness (QED) is 0.658. The van der Waals surface area contributed by atoms with E-state index in [0.717, 1.165) is 29.1 Å². The van der Waals surface area contributed by atoms with Gasteiger partial charge in [0.2, 0.25) is 5.91 Å². The molecule has 1 heterocycles. The maximum atomic E-state index is 13.1. The summed E-state index contributed by atoms with van der Waals surface area (Å²) in [7, 11) is 4.92. The van der Waals surface area contributed by atoms with Gasteiger partial charge in [-0.15, -0.1) is 0 Å². The van der Waals surface area contributed by atoms with Crippen molar-refractivity contribution in [1.29, 1.82) is 0 Å². The van der Waals surface area contributed by atoms with Crippen LogP contribution in [0, 0.1) is 17.3 Å². The number of ether oxygens (including phenoxy) is 3. The van der Waals surface area contributed by atoms with Gasteiger partial charge in [-0.2, -0.15) is 0 Å². The first-order chi connectivity index (χ1) is 13.7. The highest BCUT2D eigenvalue weighted by Crippen LogP contribution is 2.60. The summed E-state index contributed by atoms with van der Waals surface area (Å²) in [5, 5.41) is 0. The molecule has 1 aromatic carbocycles. The van der Waals surface area contributed by atoms with E-state index < -0.39 is 0 Å². The number of nitrogens with zero attached hydrogens (tertiary/aromatic N) is 1. The summed E-state index contributed by atoms with van der Waals surface area (Å²) in [6.45, 7) is 9.90. The van der Waals surface area contributed by atoms with E-state index in [0.29, 0.717) is 24.8 Å². The normalized spacial score (nSPS) is 22.4.